The lowest BCUT2D eigenvalue weighted by Crippen LogP contribution is -2.53. The maximum Gasteiger partial charge on any atom is 0.123 e. The quantitative estimate of drug-likeness (QED) is 0.717. The van der Waals surface area contributed by atoms with Crippen LogP contribution in [0.25, 0.3) is 0 Å². The molecular weight excluding hydrogens is 407 g/mol. The van der Waals surface area contributed by atoms with Gasteiger partial charge in [0.15, 0.2) is 0 Å². The van der Waals surface area contributed by atoms with E-state index in [1.54, 1.807) is 18.3 Å². The fraction of sp³-hybridized carbons (Fsp3) is 0.520. The van der Waals surface area contributed by atoms with Crippen LogP contribution in [0.3, 0.4) is 0 Å². The smallest absolute Gasteiger partial charge is 0.123 e. The van der Waals surface area contributed by atoms with E-state index in [-0.39, 0.29) is 12.4 Å². The Kier molecular flexibility index (Phi) is 7.36. The summed E-state index contributed by atoms with van der Waals surface area (Å²) in [5.74, 6) is 0.260. The van der Waals surface area contributed by atoms with Gasteiger partial charge in [0.1, 0.15) is 24.3 Å². The minimum atomic E-state index is -0.587. The molecule has 6 nitrogen and oxygen atoms in total. The average Bonchev–Trinajstić information content (AvgIpc) is 2.85. The van der Waals surface area contributed by atoms with Gasteiger partial charge in [-0.2, -0.15) is 5.26 Å². The summed E-state index contributed by atoms with van der Waals surface area (Å²) >= 11 is 0. The van der Waals surface area contributed by atoms with Gasteiger partial charge in [-0.05, 0) is 62.1 Å². The molecule has 2 fully saturated rings. The lowest BCUT2D eigenvalue weighted by Gasteiger charge is -2.43. The number of aliphatic hydroxyl groups excluding tert-OH is 1. The monoisotopic (exact) mass is 438 g/mol. The molecule has 1 atom stereocenters. The molecule has 2 heterocycles. The second-order valence-corrected chi connectivity index (χ2v) is 8.90. The molecular formula is C25H31FN4O2. The van der Waals surface area contributed by atoms with Gasteiger partial charge in [-0.25, -0.2) is 4.39 Å². The van der Waals surface area contributed by atoms with Gasteiger partial charge >= 0.3 is 0 Å². The summed E-state index contributed by atoms with van der Waals surface area (Å²) in [7, 11) is 0. The molecule has 0 amide bonds. The van der Waals surface area contributed by atoms with Gasteiger partial charge in [-0.1, -0.05) is 6.07 Å². The summed E-state index contributed by atoms with van der Waals surface area (Å²) in [6.07, 6.45) is 4.92. The first-order valence-electron chi connectivity index (χ1n) is 11.4. The molecule has 0 bridgehead atoms. The second kappa shape index (κ2) is 10.4. The molecule has 1 aromatic carbocycles. The highest BCUT2D eigenvalue weighted by molar-refractivity contribution is 5.27. The van der Waals surface area contributed by atoms with Crippen LogP contribution < -0.4 is 4.74 Å². The van der Waals surface area contributed by atoms with E-state index in [1.807, 2.05) is 18.2 Å². The van der Waals surface area contributed by atoms with Crippen LogP contribution in [0.2, 0.25) is 0 Å². The fourth-order valence-electron chi connectivity index (χ4n) is 4.92. The van der Waals surface area contributed by atoms with Crippen molar-refractivity contribution in [2.75, 3.05) is 39.3 Å². The number of benzene rings is 1. The molecule has 2 aromatic rings. The number of β-amino-alcohol motifs (C(OH)–C–C–N with tert-alkyl or cyclic N) is 1. The van der Waals surface area contributed by atoms with E-state index < -0.39 is 11.5 Å². The fourth-order valence-corrected chi connectivity index (χ4v) is 4.92. The summed E-state index contributed by atoms with van der Waals surface area (Å²) in [4.78, 5) is 9.27. The van der Waals surface area contributed by atoms with E-state index in [4.69, 9.17) is 4.74 Å². The largest absolute Gasteiger partial charge is 0.491 e. The first-order chi connectivity index (χ1) is 15.6. The number of aliphatic hydroxyl groups is 1. The van der Waals surface area contributed by atoms with Crippen LogP contribution in [0.15, 0.2) is 48.7 Å². The minimum absolute atomic E-state index is 0.193. The number of aromatic nitrogens is 1. The minimum Gasteiger partial charge on any atom is -0.491 e. The summed E-state index contributed by atoms with van der Waals surface area (Å²) in [5.41, 5.74) is 0.455. The van der Waals surface area contributed by atoms with Crippen LogP contribution >= 0.6 is 0 Å². The zero-order chi connectivity index (χ0) is 22.4. The lowest BCUT2D eigenvalue weighted by atomic mass is 9.71. The Labute approximate surface area is 189 Å². The molecule has 4 rings (SSSR count). The van der Waals surface area contributed by atoms with E-state index in [0.717, 1.165) is 57.6 Å². The van der Waals surface area contributed by atoms with Crippen LogP contribution in [-0.4, -0.2) is 71.4 Å². The van der Waals surface area contributed by atoms with Crippen molar-refractivity contribution in [1.29, 1.82) is 5.26 Å². The van der Waals surface area contributed by atoms with Crippen LogP contribution in [0, 0.1) is 17.1 Å². The zero-order valence-corrected chi connectivity index (χ0v) is 18.4. The second-order valence-electron chi connectivity index (χ2n) is 8.90. The number of hydrogen-bond acceptors (Lipinski definition) is 6. The predicted molar refractivity (Wildman–Crippen MR) is 120 cm³/mol. The number of nitrogens with zero attached hydrogens (tertiary/aromatic N) is 4. The van der Waals surface area contributed by atoms with Crippen molar-refractivity contribution >= 4 is 0 Å². The van der Waals surface area contributed by atoms with Crippen LogP contribution in [-0.2, 0) is 5.41 Å². The van der Waals surface area contributed by atoms with Crippen LogP contribution in [0.4, 0.5) is 4.39 Å². The molecule has 1 aromatic heterocycles. The molecule has 1 aliphatic heterocycles. The van der Waals surface area contributed by atoms with Gasteiger partial charge in [0.05, 0.1) is 17.2 Å². The number of ether oxygens (including phenoxy) is 1. The standard InChI is InChI=1S/C25H31FN4O2/c26-20-4-6-23(7-5-20)32-18-22(31)17-29-13-15-30(16-14-29)21-8-10-25(19-27,11-9-21)24-3-1-2-12-28-24/h1-7,12,21-22,31H,8-11,13-18H2/t21-,22?,25-. The van der Waals surface area contributed by atoms with E-state index in [0.29, 0.717) is 18.3 Å². The van der Waals surface area contributed by atoms with E-state index in [9.17, 15) is 14.8 Å². The van der Waals surface area contributed by atoms with Gasteiger partial charge in [0.2, 0.25) is 0 Å². The van der Waals surface area contributed by atoms with E-state index >= 15 is 0 Å². The van der Waals surface area contributed by atoms with Gasteiger partial charge in [0, 0.05) is 45.0 Å². The number of halogens is 1. The van der Waals surface area contributed by atoms with Gasteiger partial charge in [0.25, 0.3) is 0 Å². The third kappa shape index (κ3) is 5.44. The highest BCUT2D eigenvalue weighted by Crippen LogP contribution is 2.39. The van der Waals surface area contributed by atoms with Crippen molar-refractivity contribution in [2.24, 2.45) is 0 Å². The normalized spacial score (nSPS) is 25.7. The van der Waals surface area contributed by atoms with Crippen molar-refractivity contribution in [3.63, 3.8) is 0 Å². The highest BCUT2D eigenvalue weighted by atomic mass is 19.1. The maximum absolute atomic E-state index is 13.0. The molecule has 0 spiro atoms. The first kappa shape index (κ1) is 22.7. The Morgan fingerprint density at radius 3 is 2.47 bits per heavy atom. The Morgan fingerprint density at radius 1 is 1.12 bits per heavy atom. The predicted octanol–water partition coefficient (Wildman–Crippen LogP) is 2.98. The molecule has 7 heteroatoms. The first-order valence-corrected chi connectivity index (χ1v) is 11.4. The Hall–Kier alpha value is -2.53. The Balaban J connectivity index is 1.20. The lowest BCUT2D eigenvalue weighted by molar-refractivity contribution is 0.0284. The summed E-state index contributed by atoms with van der Waals surface area (Å²) in [6, 6.07) is 14.8. The Bertz CT molecular complexity index is 886. The van der Waals surface area contributed by atoms with E-state index in [2.05, 4.69) is 20.9 Å². The number of hydrogen-bond donors (Lipinski definition) is 1. The number of rotatable bonds is 7. The van der Waals surface area contributed by atoms with Crippen LogP contribution in [0.5, 0.6) is 5.75 Å². The molecule has 1 aliphatic carbocycles. The third-order valence-electron chi connectivity index (χ3n) is 6.83. The van der Waals surface area contributed by atoms with Crippen molar-refractivity contribution < 1.29 is 14.2 Å². The van der Waals surface area contributed by atoms with Crippen molar-refractivity contribution in [3.05, 3.63) is 60.2 Å². The zero-order valence-electron chi connectivity index (χ0n) is 18.4. The highest BCUT2D eigenvalue weighted by Gasteiger charge is 2.40. The molecule has 0 radical (unpaired) electrons. The molecule has 1 unspecified atom stereocenters. The number of nitriles is 1. The third-order valence-corrected chi connectivity index (χ3v) is 6.83. The molecule has 32 heavy (non-hydrogen) atoms. The van der Waals surface area contributed by atoms with Gasteiger partial charge in [-0.15, -0.1) is 0 Å². The van der Waals surface area contributed by atoms with Crippen LogP contribution in [0.1, 0.15) is 31.4 Å². The van der Waals surface area contributed by atoms with Crippen molar-refractivity contribution in [3.8, 4) is 11.8 Å². The molecule has 170 valence electrons. The average molecular weight is 439 g/mol. The number of piperazine rings is 1. The Morgan fingerprint density at radius 2 is 1.84 bits per heavy atom. The van der Waals surface area contributed by atoms with Crippen molar-refractivity contribution in [2.45, 2.75) is 43.2 Å². The molecule has 1 N–H and O–H groups in total. The van der Waals surface area contributed by atoms with E-state index in [1.165, 1.54) is 12.1 Å². The summed E-state index contributed by atoms with van der Waals surface area (Å²) < 4.78 is 18.5. The molecule has 2 aliphatic rings. The topological polar surface area (TPSA) is 72.6 Å². The summed E-state index contributed by atoms with van der Waals surface area (Å²) in [6.45, 7) is 4.52. The maximum atomic E-state index is 13.0. The van der Waals surface area contributed by atoms with Gasteiger partial charge < -0.3 is 9.84 Å². The van der Waals surface area contributed by atoms with Gasteiger partial charge in [-0.3, -0.25) is 14.8 Å². The summed E-state index contributed by atoms with van der Waals surface area (Å²) in [5, 5.41) is 20.2. The molecule has 1 saturated carbocycles. The molecule has 1 saturated heterocycles. The number of pyridine rings is 1. The SMILES string of the molecule is N#C[C@]1(c2ccccn2)CC[C@H](N2CCN(CC(O)COc3ccc(F)cc3)CC2)CC1. The van der Waals surface area contributed by atoms with Crippen molar-refractivity contribution in [1.82, 2.24) is 14.8 Å².